The topological polar surface area (TPSA) is 59.0 Å². The molecule has 2 saturated heterocycles. The van der Waals surface area contributed by atoms with Gasteiger partial charge < -0.3 is 19.5 Å². The van der Waals surface area contributed by atoms with Crippen LogP contribution < -0.4 is 0 Å². The number of rotatable bonds is 5. The van der Waals surface area contributed by atoms with Gasteiger partial charge in [-0.3, -0.25) is 4.79 Å². The number of likely N-dealkylation sites (tertiary alicyclic amines) is 1. The summed E-state index contributed by atoms with van der Waals surface area (Å²) in [6.07, 6.45) is 5.96. The molecule has 5 heteroatoms. The molecule has 0 aromatic rings. The van der Waals surface area contributed by atoms with Crippen LogP contribution in [-0.2, 0) is 14.3 Å². The molecule has 0 aromatic heterocycles. The molecule has 2 rings (SSSR count). The highest BCUT2D eigenvalue weighted by molar-refractivity contribution is 5.66. The largest absolute Gasteiger partial charge is 0.481 e. The summed E-state index contributed by atoms with van der Waals surface area (Å²) in [5.41, 5.74) is 0. The summed E-state index contributed by atoms with van der Waals surface area (Å²) in [6.45, 7) is 4.28. The second-order valence-electron chi connectivity index (χ2n) is 5.45. The number of carbonyl (C=O) groups is 1. The summed E-state index contributed by atoms with van der Waals surface area (Å²) >= 11 is 0. The smallest absolute Gasteiger partial charge is 0.305 e. The van der Waals surface area contributed by atoms with Crippen LogP contribution in [0.3, 0.4) is 0 Å². The third kappa shape index (κ3) is 5.09. The first-order valence-corrected chi connectivity index (χ1v) is 7.41. The molecule has 0 aliphatic carbocycles. The molecule has 0 radical (unpaired) electrons. The van der Waals surface area contributed by atoms with Crippen LogP contribution in [0.4, 0.5) is 0 Å². The number of hydrogen-bond acceptors (Lipinski definition) is 4. The van der Waals surface area contributed by atoms with Gasteiger partial charge in [0, 0.05) is 32.3 Å². The Kier molecular flexibility index (Phi) is 6.07. The molecular weight excluding hydrogens is 246 g/mol. The normalized spacial score (nSPS) is 27.1. The number of nitrogens with zero attached hydrogens (tertiary/aromatic N) is 1. The lowest BCUT2D eigenvalue weighted by atomic mass is 10.0. The minimum atomic E-state index is -0.782. The first-order valence-electron chi connectivity index (χ1n) is 7.41. The van der Waals surface area contributed by atoms with E-state index in [1.54, 1.807) is 0 Å². The van der Waals surface area contributed by atoms with Crippen LogP contribution in [0.1, 0.15) is 38.5 Å². The summed E-state index contributed by atoms with van der Waals surface area (Å²) in [5.74, 6) is -0.782. The predicted octanol–water partition coefficient (Wildman–Crippen LogP) is 1.51. The third-order valence-electron chi connectivity index (χ3n) is 4.08. The van der Waals surface area contributed by atoms with Crippen molar-refractivity contribution in [1.82, 2.24) is 4.90 Å². The predicted molar refractivity (Wildman–Crippen MR) is 71.3 cm³/mol. The molecule has 0 bridgehead atoms. The Labute approximate surface area is 114 Å². The van der Waals surface area contributed by atoms with Crippen molar-refractivity contribution in [3.8, 4) is 0 Å². The number of ether oxygens (including phenoxy) is 2. The summed E-state index contributed by atoms with van der Waals surface area (Å²) in [5, 5.41) is 8.58. The van der Waals surface area contributed by atoms with E-state index < -0.39 is 5.97 Å². The molecule has 110 valence electrons. The number of carboxylic acid groups (broad SMARTS) is 1. The first-order chi connectivity index (χ1) is 9.25. The second-order valence-corrected chi connectivity index (χ2v) is 5.45. The van der Waals surface area contributed by atoms with Crippen LogP contribution >= 0.6 is 0 Å². The minimum absolute atomic E-state index is 0.111. The molecule has 5 nitrogen and oxygen atoms in total. The summed E-state index contributed by atoms with van der Waals surface area (Å²) < 4.78 is 11.1. The van der Waals surface area contributed by atoms with E-state index in [0.717, 1.165) is 45.6 Å². The lowest BCUT2D eigenvalue weighted by Crippen LogP contribution is -2.43. The Morgan fingerprint density at radius 3 is 2.74 bits per heavy atom. The van der Waals surface area contributed by atoms with Gasteiger partial charge in [-0.2, -0.15) is 0 Å². The van der Waals surface area contributed by atoms with E-state index in [1.807, 2.05) is 0 Å². The Balaban J connectivity index is 1.65. The van der Waals surface area contributed by atoms with E-state index >= 15 is 0 Å². The molecule has 0 spiro atoms. The molecule has 19 heavy (non-hydrogen) atoms. The molecule has 1 atom stereocenters. The van der Waals surface area contributed by atoms with E-state index in [-0.39, 0.29) is 12.5 Å². The molecule has 2 heterocycles. The SMILES string of the molecule is O=C(O)CCOC1CCN(C2CCCOCC2)CC1. The molecule has 2 aliphatic heterocycles. The molecule has 2 fully saturated rings. The lowest BCUT2D eigenvalue weighted by molar-refractivity contribution is -0.138. The molecular formula is C14H25NO4. The molecule has 0 aromatic carbocycles. The maximum atomic E-state index is 10.4. The second kappa shape index (κ2) is 7.82. The molecule has 1 N–H and O–H groups in total. The van der Waals surface area contributed by atoms with Gasteiger partial charge in [0.25, 0.3) is 0 Å². The van der Waals surface area contributed by atoms with Gasteiger partial charge >= 0.3 is 5.97 Å². The highest BCUT2D eigenvalue weighted by Gasteiger charge is 2.26. The molecule has 1 unspecified atom stereocenters. The fraction of sp³-hybridized carbons (Fsp3) is 0.929. The Morgan fingerprint density at radius 2 is 2.00 bits per heavy atom. The van der Waals surface area contributed by atoms with Gasteiger partial charge in [-0.25, -0.2) is 0 Å². The lowest BCUT2D eigenvalue weighted by Gasteiger charge is -2.37. The van der Waals surface area contributed by atoms with Gasteiger partial charge in [0.2, 0.25) is 0 Å². The van der Waals surface area contributed by atoms with Crippen molar-refractivity contribution in [1.29, 1.82) is 0 Å². The molecule has 2 aliphatic rings. The van der Waals surface area contributed by atoms with Crippen LogP contribution in [0, 0.1) is 0 Å². The zero-order chi connectivity index (χ0) is 13.5. The van der Waals surface area contributed by atoms with Gasteiger partial charge in [0.15, 0.2) is 0 Å². The van der Waals surface area contributed by atoms with Crippen LogP contribution in [0.5, 0.6) is 0 Å². The third-order valence-corrected chi connectivity index (χ3v) is 4.08. The fourth-order valence-electron chi connectivity index (χ4n) is 2.97. The Hall–Kier alpha value is -0.650. The van der Waals surface area contributed by atoms with Gasteiger partial charge in [0.05, 0.1) is 19.1 Å². The zero-order valence-electron chi connectivity index (χ0n) is 11.6. The standard InChI is InChI=1S/C14H25NO4/c16-14(17)6-11-19-13-3-7-15(8-4-13)12-2-1-9-18-10-5-12/h12-13H,1-11H2,(H,16,17). The first kappa shape index (κ1) is 14.8. The summed E-state index contributed by atoms with van der Waals surface area (Å²) in [7, 11) is 0. The highest BCUT2D eigenvalue weighted by Crippen LogP contribution is 2.21. The van der Waals surface area contributed by atoms with E-state index in [4.69, 9.17) is 14.6 Å². The quantitative estimate of drug-likeness (QED) is 0.821. The summed E-state index contributed by atoms with van der Waals surface area (Å²) in [4.78, 5) is 13.0. The number of carboxylic acids is 1. The van der Waals surface area contributed by atoms with E-state index in [0.29, 0.717) is 12.6 Å². The van der Waals surface area contributed by atoms with Crippen LogP contribution in [0.2, 0.25) is 0 Å². The number of aliphatic carboxylic acids is 1. The van der Waals surface area contributed by atoms with Gasteiger partial charge in [-0.1, -0.05) is 0 Å². The van der Waals surface area contributed by atoms with Crippen LogP contribution in [0.25, 0.3) is 0 Å². The van der Waals surface area contributed by atoms with Crippen LogP contribution in [0.15, 0.2) is 0 Å². The van der Waals surface area contributed by atoms with Crippen molar-refractivity contribution in [2.24, 2.45) is 0 Å². The zero-order valence-corrected chi connectivity index (χ0v) is 11.6. The van der Waals surface area contributed by atoms with Gasteiger partial charge in [-0.15, -0.1) is 0 Å². The fourth-order valence-corrected chi connectivity index (χ4v) is 2.97. The monoisotopic (exact) mass is 271 g/mol. The van der Waals surface area contributed by atoms with Crippen molar-refractivity contribution in [2.75, 3.05) is 32.9 Å². The van der Waals surface area contributed by atoms with Crippen LogP contribution in [-0.4, -0.2) is 61.0 Å². The van der Waals surface area contributed by atoms with E-state index in [1.165, 1.54) is 12.8 Å². The van der Waals surface area contributed by atoms with Crippen molar-refractivity contribution >= 4 is 5.97 Å². The van der Waals surface area contributed by atoms with E-state index in [2.05, 4.69) is 4.90 Å². The maximum absolute atomic E-state index is 10.4. The number of piperidine rings is 1. The van der Waals surface area contributed by atoms with Gasteiger partial charge in [-0.05, 0) is 32.1 Å². The molecule has 0 saturated carbocycles. The highest BCUT2D eigenvalue weighted by atomic mass is 16.5. The average molecular weight is 271 g/mol. The Morgan fingerprint density at radius 1 is 1.21 bits per heavy atom. The Bertz CT molecular complexity index is 269. The van der Waals surface area contributed by atoms with Gasteiger partial charge in [0.1, 0.15) is 0 Å². The maximum Gasteiger partial charge on any atom is 0.305 e. The van der Waals surface area contributed by atoms with Crippen molar-refractivity contribution in [3.05, 3.63) is 0 Å². The average Bonchev–Trinajstić information content (AvgIpc) is 2.68. The summed E-state index contributed by atoms with van der Waals surface area (Å²) in [6, 6.07) is 0.669. The minimum Gasteiger partial charge on any atom is -0.481 e. The van der Waals surface area contributed by atoms with Crippen molar-refractivity contribution < 1.29 is 19.4 Å². The molecule has 0 amide bonds. The number of hydrogen-bond donors (Lipinski definition) is 1. The van der Waals surface area contributed by atoms with Crippen molar-refractivity contribution in [2.45, 2.75) is 50.7 Å². The van der Waals surface area contributed by atoms with Crippen molar-refractivity contribution in [3.63, 3.8) is 0 Å². The van der Waals surface area contributed by atoms with E-state index in [9.17, 15) is 4.79 Å².